The summed E-state index contributed by atoms with van der Waals surface area (Å²) in [7, 11) is 3.17. The van der Waals surface area contributed by atoms with Gasteiger partial charge in [-0.1, -0.05) is 17.8 Å². The van der Waals surface area contributed by atoms with Crippen molar-refractivity contribution in [2.75, 3.05) is 26.5 Å². The minimum absolute atomic E-state index is 0.0865. The van der Waals surface area contributed by atoms with Gasteiger partial charge in [0.1, 0.15) is 11.5 Å². The number of hydrogen-bond acceptors (Lipinski definition) is 5. The Bertz CT molecular complexity index is 503. The molecule has 102 valence electrons. The summed E-state index contributed by atoms with van der Waals surface area (Å²) in [6, 6.07) is 5.41. The third kappa shape index (κ3) is 3.64. The molecule has 0 saturated carbocycles. The second-order valence-electron chi connectivity index (χ2n) is 3.94. The zero-order valence-corrected chi connectivity index (χ0v) is 11.8. The quantitative estimate of drug-likeness (QED) is 0.907. The van der Waals surface area contributed by atoms with Crippen molar-refractivity contribution in [1.29, 1.82) is 0 Å². The molecule has 1 N–H and O–H groups in total. The summed E-state index contributed by atoms with van der Waals surface area (Å²) < 4.78 is 10.4. The van der Waals surface area contributed by atoms with E-state index in [1.54, 1.807) is 32.0 Å². The number of nitrogens with zero attached hydrogens (tertiary/aromatic N) is 1. The number of hydrogen-bond donors (Lipinski definition) is 1. The number of aliphatic imine (C=N–C) groups is 1. The second-order valence-corrected chi connectivity index (χ2v) is 5.02. The largest absolute Gasteiger partial charge is 0.497 e. The fourth-order valence-electron chi connectivity index (χ4n) is 1.75. The van der Waals surface area contributed by atoms with Crippen LogP contribution in [0.4, 0.5) is 0 Å². The molecule has 1 aromatic carbocycles. The third-order valence-corrected chi connectivity index (χ3v) is 3.57. The zero-order chi connectivity index (χ0) is 13.7. The number of carbonyl (C=O) groups is 1. The van der Waals surface area contributed by atoms with E-state index in [9.17, 15) is 4.79 Å². The van der Waals surface area contributed by atoms with E-state index >= 15 is 0 Å². The maximum atomic E-state index is 11.9. The molecule has 6 heteroatoms. The minimum Gasteiger partial charge on any atom is -0.497 e. The summed E-state index contributed by atoms with van der Waals surface area (Å²) in [6.45, 7) is 0.770. The molecule has 0 spiro atoms. The first-order valence-electron chi connectivity index (χ1n) is 5.91. The van der Waals surface area contributed by atoms with Gasteiger partial charge in [0, 0.05) is 17.4 Å². The number of methoxy groups -OCH3 is 2. The molecule has 0 bridgehead atoms. The molecule has 0 aliphatic carbocycles. The van der Waals surface area contributed by atoms with Gasteiger partial charge in [-0.25, -0.2) is 0 Å². The van der Waals surface area contributed by atoms with Crippen LogP contribution < -0.4 is 14.8 Å². The van der Waals surface area contributed by atoms with Crippen molar-refractivity contribution in [3.8, 4) is 11.5 Å². The molecule has 0 fully saturated rings. The van der Waals surface area contributed by atoms with Gasteiger partial charge in [-0.15, -0.1) is 0 Å². The highest BCUT2D eigenvalue weighted by Crippen LogP contribution is 2.25. The van der Waals surface area contributed by atoms with Crippen LogP contribution in [0.25, 0.3) is 0 Å². The van der Waals surface area contributed by atoms with Crippen LogP contribution in [0, 0.1) is 0 Å². The molecule has 1 aromatic rings. The lowest BCUT2D eigenvalue weighted by Gasteiger charge is -2.10. The Morgan fingerprint density at radius 1 is 1.42 bits per heavy atom. The van der Waals surface area contributed by atoms with Gasteiger partial charge in [-0.05, 0) is 6.07 Å². The van der Waals surface area contributed by atoms with Crippen molar-refractivity contribution in [2.45, 2.75) is 6.42 Å². The minimum atomic E-state index is -0.0865. The Morgan fingerprint density at radius 3 is 2.89 bits per heavy atom. The van der Waals surface area contributed by atoms with E-state index in [2.05, 4.69) is 10.3 Å². The Kier molecular flexibility index (Phi) is 4.68. The monoisotopic (exact) mass is 280 g/mol. The predicted octanol–water partition coefficient (Wildman–Crippen LogP) is 1.47. The summed E-state index contributed by atoms with van der Waals surface area (Å²) in [5.74, 6) is 2.20. The highest BCUT2D eigenvalue weighted by atomic mass is 32.2. The summed E-state index contributed by atoms with van der Waals surface area (Å²) in [4.78, 5) is 16.1. The van der Waals surface area contributed by atoms with E-state index < -0.39 is 0 Å². The topological polar surface area (TPSA) is 59.9 Å². The fourth-order valence-corrected chi connectivity index (χ4v) is 2.49. The number of benzene rings is 1. The molecule has 0 saturated heterocycles. The van der Waals surface area contributed by atoms with E-state index in [1.807, 2.05) is 12.1 Å². The lowest BCUT2D eigenvalue weighted by Crippen LogP contribution is -2.28. The van der Waals surface area contributed by atoms with Gasteiger partial charge in [-0.3, -0.25) is 9.79 Å². The first kappa shape index (κ1) is 13.7. The van der Waals surface area contributed by atoms with Crippen molar-refractivity contribution in [3.05, 3.63) is 23.8 Å². The van der Waals surface area contributed by atoms with Gasteiger partial charge in [0.2, 0.25) is 5.91 Å². The van der Waals surface area contributed by atoms with Gasteiger partial charge >= 0.3 is 0 Å². The number of amidine groups is 1. The van der Waals surface area contributed by atoms with E-state index in [4.69, 9.17) is 9.47 Å². The van der Waals surface area contributed by atoms with Crippen molar-refractivity contribution < 1.29 is 14.3 Å². The normalized spacial score (nSPS) is 13.9. The summed E-state index contributed by atoms with van der Waals surface area (Å²) in [5, 5.41) is 3.50. The van der Waals surface area contributed by atoms with Gasteiger partial charge < -0.3 is 14.8 Å². The van der Waals surface area contributed by atoms with Crippen LogP contribution in [0.2, 0.25) is 0 Å². The van der Waals surface area contributed by atoms with E-state index in [1.165, 1.54) is 0 Å². The maximum absolute atomic E-state index is 11.9. The summed E-state index contributed by atoms with van der Waals surface area (Å²) >= 11 is 1.56. The Balaban J connectivity index is 2.03. The first-order chi connectivity index (χ1) is 9.22. The van der Waals surface area contributed by atoms with Crippen LogP contribution in [-0.4, -0.2) is 37.6 Å². The van der Waals surface area contributed by atoms with Gasteiger partial charge in [0.25, 0.3) is 0 Å². The van der Waals surface area contributed by atoms with Crippen LogP contribution in [0.15, 0.2) is 23.2 Å². The second kappa shape index (κ2) is 6.47. The SMILES string of the molecule is COc1ccc(CC(=O)NC2=NCCS2)c(OC)c1. The maximum Gasteiger partial charge on any atom is 0.230 e. The van der Waals surface area contributed by atoms with Gasteiger partial charge in [0.05, 0.1) is 27.2 Å². The van der Waals surface area contributed by atoms with Crippen LogP contribution in [-0.2, 0) is 11.2 Å². The van der Waals surface area contributed by atoms with E-state index in [0.717, 1.165) is 17.9 Å². The number of thioether (sulfide) groups is 1. The zero-order valence-electron chi connectivity index (χ0n) is 10.9. The molecule has 0 atom stereocenters. The Hall–Kier alpha value is -1.69. The fraction of sp³-hybridized carbons (Fsp3) is 0.385. The smallest absolute Gasteiger partial charge is 0.230 e. The number of amides is 1. The summed E-state index contributed by atoms with van der Waals surface area (Å²) in [5.41, 5.74) is 0.824. The van der Waals surface area contributed by atoms with Gasteiger partial charge in [-0.2, -0.15) is 0 Å². The molecular weight excluding hydrogens is 264 g/mol. The molecule has 1 amide bonds. The average Bonchev–Trinajstić information content (AvgIpc) is 2.91. The number of rotatable bonds is 4. The van der Waals surface area contributed by atoms with Crippen LogP contribution in [0.3, 0.4) is 0 Å². The molecule has 1 aliphatic rings. The lowest BCUT2D eigenvalue weighted by atomic mass is 10.1. The highest BCUT2D eigenvalue weighted by Gasteiger charge is 2.13. The molecule has 5 nitrogen and oxygen atoms in total. The molecule has 0 radical (unpaired) electrons. The molecular formula is C13H16N2O3S. The van der Waals surface area contributed by atoms with Crippen molar-refractivity contribution in [3.63, 3.8) is 0 Å². The van der Waals surface area contributed by atoms with Gasteiger partial charge in [0.15, 0.2) is 5.17 Å². The standard InChI is InChI=1S/C13H16N2O3S/c1-17-10-4-3-9(11(8-10)18-2)7-12(16)15-13-14-5-6-19-13/h3-4,8H,5-7H2,1-2H3,(H,14,15,16). The third-order valence-electron chi connectivity index (χ3n) is 2.68. The van der Waals surface area contributed by atoms with Crippen LogP contribution >= 0.6 is 11.8 Å². The molecule has 1 aliphatic heterocycles. The number of ether oxygens (including phenoxy) is 2. The average molecular weight is 280 g/mol. The number of nitrogens with one attached hydrogen (secondary N) is 1. The Labute approximate surface area is 116 Å². The van der Waals surface area contributed by atoms with Crippen LogP contribution in [0.5, 0.6) is 11.5 Å². The molecule has 1 heterocycles. The molecule has 19 heavy (non-hydrogen) atoms. The van der Waals surface area contributed by atoms with Crippen molar-refractivity contribution in [2.24, 2.45) is 4.99 Å². The predicted molar refractivity (Wildman–Crippen MR) is 76.2 cm³/mol. The number of carbonyl (C=O) groups excluding carboxylic acids is 1. The van der Waals surface area contributed by atoms with E-state index in [0.29, 0.717) is 16.7 Å². The molecule has 0 aromatic heterocycles. The Morgan fingerprint density at radius 2 is 2.26 bits per heavy atom. The highest BCUT2D eigenvalue weighted by molar-refractivity contribution is 8.14. The van der Waals surface area contributed by atoms with Crippen LogP contribution in [0.1, 0.15) is 5.56 Å². The first-order valence-corrected chi connectivity index (χ1v) is 6.89. The summed E-state index contributed by atoms with van der Waals surface area (Å²) in [6.07, 6.45) is 0.257. The molecule has 0 unspecified atom stereocenters. The molecule has 2 rings (SSSR count). The van der Waals surface area contributed by atoms with E-state index in [-0.39, 0.29) is 12.3 Å². The van der Waals surface area contributed by atoms with Crippen molar-refractivity contribution in [1.82, 2.24) is 5.32 Å². The van der Waals surface area contributed by atoms with Crippen molar-refractivity contribution >= 4 is 22.8 Å². The lowest BCUT2D eigenvalue weighted by molar-refractivity contribution is -0.119.